The van der Waals surface area contributed by atoms with Gasteiger partial charge < -0.3 is 10.1 Å². The van der Waals surface area contributed by atoms with E-state index in [4.69, 9.17) is 4.74 Å². The Morgan fingerprint density at radius 3 is 2.26 bits per heavy atom. The summed E-state index contributed by atoms with van der Waals surface area (Å²) in [6.07, 6.45) is 0.157. The van der Waals surface area contributed by atoms with E-state index in [2.05, 4.69) is 16.2 Å². The molecule has 0 aliphatic rings. The van der Waals surface area contributed by atoms with Crippen molar-refractivity contribution in [3.8, 4) is 5.75 Å². The number of hydrogen-bond donors (Lipinski definition) is 3. The lowest BCUT2D eigenvalue weighted by molar-refractivity contribution is -0.130. The van der Waals surface area contributed by atoms with E-state index < -0.39 is 11.8 Å². The number of rotatable bonds is 7. The van der Waals surface area contributed by atoms with Crippen LogP contribution in [0.4, 0.5) is 0 Å². The number of nitrogens with one attached hydrogen (secondary N) is 3. The summed E-state index contributed by atoms with van der Waals surface area (Å²) < 4.78 is 5.43. The van der Waals surface area contributed by atoms with Crippen LogP contribution in [0.2, 0.25) is 0 Å². The van der Waals surface area contributed by atoms with Crippen LogP contribution in [0, 0.1) is 13.8 Å². The normalized spacial score (nSPS) is 10.4. The van der Waals surface area contributed by atoms with Gasteiger partial charge in [0.15, 0.2) is 6.61 Å². The van der Waals surface area contributed by atoms with Crippen LogP contribution in [-0.4, -0.2) is 30.9 Å². The Labute approximate surface area is 180 Å². The molecule has 0 aliphatic carbocycles. The van der Waals surface area contributed by atoms with Gasteiger partial charge in [-0.05, 0) is 53.4 Å². The summed E-state index contributed by atoms with van der Waals surface area (Å²) in [5, 5.41) is 4.61. The second kappa shape index (κ2) is 10.2. The van der Waals surface area contributed by atoms with Crippen LogP contribution in [0.1, 0.15) is 16.7 Å². The lowest BCUT2D eigenvalue weighted by atomic mass is 10.0. The number of carbonyl (C=O) groups excluding carboxylic acids is 3. The van der Waals surface area contributed by atoms with Crippen molar-refractivity contribution in [2.75, 3.05) is 13.2 Å². The maximum absolute atomic E-state index is 12.2. The molecular formula is C24H25N3O4. The minimum Gasteiger partial charge on any atom is -0.484 e. The number of ether oxygens (including phenoxy) is 1. The van der Waals surface area contributed by atoms with Crippen LogP contribution >= 0.6 is 0 Å². The maximum Gasteiger partial charge on any atom is 0.276 e. The van der Waals surface area contributed by atoms with Crippen molar-refractivity contribution in [1.82, 2.24) is 16.2 Å². The van der Waals surface area contributed by atoms with Gasteiger partial charge in [-0.25, -0.2) is 0 Å². The highest BCUT2D eigenvalue weighted by Crippen LogP contribution is 2.19. The molecule has 3 rings (SSSR count). The molecule has 7 nitrogen and oxygen atoms in total. The SMILES string of the molecule is Cc1cc(C)cc(OCC(=O)NNC(=O)CNC(=O)Cc2cccc3ccccc23)c1. The van der Waals surface area contributed by atoms with Crippen molar-refractivity contribution in [3.63, 3.8) is 0 Å². The first-order valence-electron chi connectivity index (χ1n) is 9.93. The van der Waals surface area contributed by atoms with Crippen LogP contribution in [-0.2, 0) is 20.8 Å². The zero-order chi connectivity index (χ0) is 22.2. The molecule has 0 saturated carbocycles. The number of benzene rings is 3. The van der Waals surface area contributed by atoms with E-state index in [1.165, 1.54) is 0 Å². The third-order valence-electron chi connectivity index (χ3n) is 4.58. The average molecular weight is 419 g/mol. The zero-order valence-corrected chi connectivity index (χ0v) is 17.5. The van der Waals surface area contributed by atoms with E-state index in [1.54, 1.807) is 0 Å². The highest BCUT2D eigenvalue weighted by atomic mass is 16.5. The minimum absolute atomic E-state index is 0.157. The summed E-state index contributed by atoms with van der Waals surface area (Å²) in [5.74, 6) is -0.740. The van der Waals surface area contributed by atoms with Gasteiger partial charge in [-0.15, -0.1) is 0 Å². The zero-order valence-electron chi connectivity index (χ0n) is 17.5. The molecular weight excluding hydrogens is 394 g/mol. The van der Waals surface area contributed by atoms with Gasteiger partial charge in [0.1, 0.15) is 5.75 Å². The van der Waals surface area contributed by atoms with Gasteiger partial charge in [-0.3, -0.25) is 25.2 Å². The molecule has 7 heteroatoms. The van der Waals surface area contributed by atoms with E-state index in [1.807, 2.05) is 74.5 Å². The lowest BCUT2D eigenvalue weighted by Gasteiger charge is -2.11. The number of amides is 3. The van der Waals surface area contributed by atoms with Crippen LogP contribution in [0.25, 0.3) is 10.8 Å². The minimum atomic E-state index is -0.536. The molecule has 0 fully saturated rings. The van der Waals surface area contributed by atoms with Gasteiger partial charge in [-0.2, -0.15) is 0 Å². The summed E-state index contributed by atoms with van der Waals surface area (Å²) in [7, 11) is 0. The Morgan fingerprint density at radius 2 is 1.48 bits per heavy atom. The van der Waals surface area contributed by atoms with Crippen molar-refractivity contribution < 1.29 is 19.1 Å². The molecule has 160 valence electrons. The average Bonchev–Trinajstić information content (AvgIpc) is 2.74. The summed E-state index contributed by atoms with van der Waals surface area (Å²) in [5.41, 5.74) is 7.47. The predicted molar refractivity (Wildman–Crippen MR) is 118 cm³/mol. The number of fused-ring (bicyclic) bond motifs is 1. The van der Waals surface area contributed by atoms with Gasteiger partial charge in [0.05, 0.1) is 13.0 Å². The Morgan fingerprint density at radius 1 is 0.806 bits per heavy atom. The predicted octanol–water partition coefficient (Wildman–Crippen LogP) is 2.34. The molecule has 0 atom stereocenters. The topological polar surface area (TPSA) is 96.5 Å². The quantitative estimate of drug-likeness (QED) is 0.512. The molecule has 3 amide bonds. The van der Waals surface area contributed by atoms with Crippen molar-refractivity contribution >= 4 is 28.5 Å². The third kappa shape index (κ3) is 6.57. The van der Waals surface area contributed by atoms with E-state index >= 15 is 0 Å². The van der Waals surface area contributed by atoms with E-state index in [0.717, 1.165) is 27.5 Å². The molecule has 3 aromatic rings. The Hall–Kier alpha value is -3.87. The van der Waals surface area contributed by atoms with Crippen LogP contribution in [0.3, 0.4) is 0 Å². The van der Waals surface area contributed by atoms with Gasteiger partial charge in [0, 0.05) is 0 Å². The first kappa shape index (κ1) is 21.8. The van der Waals surface area contributed by atoms with Crippen molar-refractivity contribution in [2.24, 2.45) is 0 Å². The summed E-state index contributed by atoms with van der Waals surface area (Å²) in [6.45, 7) is 3.39. The molecule has 0 aliphatic heterocycles. The summed E-state index contributed by atoms with van der Waals surface area (Å²) in [6, 6.07) is 19.2. The van der Waals surface area contributed by atoms with Crippen molar-refractivity contribution in [1.29, 1.82) is 0 Å². The number of aryl methyl sites for hydroxylation is 2. The van der Waals surface area contributed by atoms with E-state index in [0.29, 0.717) is 5.75 Å². The fourth-order valence-electron chi connectivity index (χ4n) is 3.25. The van der Waals surface area contributed by atoms with Gasteiger partial charge in [-0.1, -0.05) is 48.5 Å². The first-order valence-corrected chi connectivity index (χ1v) is 9.93. The molecule has 31 heavy (non-hydrogen) atoms. The molecule has 0 radical (unpaired) electrons. The molecule has 0 unspecified atom stereocenters. The smallest absolute Gasteiger partial charge is 0.276 e. The molecule has 3 aromatic carbocycles. The van der Waals surface area contributed by atoms with E-state index in [-0.39, 0.29) is 25.5 Å². The third-order valence-corrected chi connectivity index (χ3v) is 4.58. The molecule has 3 N–H and O–H groups in total. The largest absolute Gasteiger partial charge is 0.484 e. The molecule has 0 saturated heterocycles. The van der Waals surface area contributed by atoms with Crippen LogP contribution in [0.15, 0.2) is 60.7 Å². The van der Waals surface area contributed by atoms with Crippen molar-refractivity contribution in [2.45, 2.75) is 20.3 Å². The Balaban J connectivity index is 1.39. The number of hydrogen-bond acceptors (Lipinski definition) is 4. The highest BCUT2D eigenvalue weighted by Gasteiger charge is 2.10. The lowest BCUT2D eigenvalue weighted by Crippen LogP contribution is -2.47. The molecule has 0 bridgehead atoms. The van der Waals surface area contributed by atoms with Gasteiger partial charge in [0.25, 0.3) is 11.8 Å². The Kier molecular flexibility index (Phi) is 7.22. The summed E-state index contributed by atoms with van der Waals surface area (Å²) >= 11 is 0. The van der Waals surface area contributed by atoms with Crippen molar-refractivity contribution in [3.05, 3.63) is 77.4 Å². The first-order chi connectivity index (χ1) is 14.9. The molecule has 0 spiro atoms. The van der Waals surface area contributed by atoms with Crippen LogP contribution in [0.5, 0.6) is 5.75 Å². The molecule has 0 heterocycles. The van der Waals surface area contributed by atoms with Gasteiger partial charge >= 0.3 is 0 Å². The standard InChI is InChI=1S/C24H25N3O4/c1-16-10-17(2)12-20(11-16)31-15-24(30)27-26-23(29)14-25-22(28)13-19-8-5-7-18-6-3-4-9-21(18)19/h3-12H,13-15H2,1-2H3,(H,25,28)(H,26,29)(H,27,30). The number of hydrazine groups is 1. The van der Waals surface area contributed by atoms with E-state index in [9.17, 15) is 14.4 Å². The Bertz CT molecular complexity index is 1090. The highest BCUT2D eigenvalue weighted by molar-refractivity contribution is 5.92. The summed E-state index contributed by atoms with van der Waals surface area (Å²) in [4.78, 5) is 36.0. The second-order valence-corrected chi connectivity index (χ2v) is 7.30. The van der Waals surface area contributed by atoms with Gasteiger partial charge in [0.2, 0.25) is 5.91 Å². The number of carbonyl (C=O) groups is 3. The fourth-order valence-corrected chi connectivity index (χ4v) is 3.25. The fraction of sp³-hybridized carbons (Fsp3) is 0.208. The van der Waals surface area contributed by atoms with Crippen LogP contribution < -0.4 is 20.9 Å². The maximum atomic E-state index is 12.2. The molecule has 0 aromatic heterocycles. The second-order valence-electron chi connectivity index (χ2n) is 7.30. The monoisotopic (exact) mass is 419 g/mol.